The van der Waals surface area contributed by atoms with Crippen molar-refractivity contribution in [3.63, 3.8) is 0 Å². The fraction of sp³-hybridized carbons (Fsp3) is 0.375. The molecule has 1 radical (unpaired) electrons. The molecule has 1 aromatic rings. The highest BCUT2D eigenvalue weighted by Crippen LogP contribution is 2.32. The van der Waals surface area contributed by atoms with E-state index in [1.807, 2.05) is 0 Å². The molecule has 1 aromatic heterocycles. The summed E-state index contributed by atoms with van der Waals surface area (Å²) in [5.41, 5.74) is 0.0984. The highest BCUT2D eigenvalue weighted by molar-refractivity contribution is 4.96. The van der Waals surface area contributed by atoms with E-state index in [0.717, 1.165) is 12.8 Å². The Bertz CT molecular complexity index is 285. The predicted octanol–water partition coefficient (Wildman–Crippen LogP) is 0.983. The third-order valence-corrected chi connectivity index (χ3v) is 1.73. The first-order valence-electron chi connectivity index (χ1n) is 3.46. The van der Waals surface area contributed by atoms with E-state index in [-0.39, 0.29) is 5.56 Å². The lowest BCUT2D eigenvalue weighted by Crippen LogP contribution is -2.15. The largest absolute Gasteiger partial charge is 0.312 e. The second-order valence-electron chi connectivity index (χ2n) is 2.61. The summed E-state index contributed by atoms with van der Waals surface area (Å²) >= 11 is 0. The molecule has 51 valence electrons. The molecule has 2 nitrogen and oxygen atoms in total. The maximum Gasteiger partial charge on any atom is 0.250 e. The van der Waals surface area contributed by atoms with Crippen molar-refractivity contribution in [1.82, 2.24) is 4.57 Å². The van der Waals surface area contributed by atoms with Crippen LogP contribution in [-0.2, 0) is 0 Å². The Morgan fingerprint density at radius 1 is 1.60 bits per heavy atom. The second-order valence-corrected chi connectivity index (χ2v) is 2.61. The average Bonchev–Trinajstić information content (AvgIpc) is 2.71. The molecule has 10 heavy (non-hydrogen) atoms. The van der Waals surface area contributed by atoms with Crippen molar-refractivity contribution < 1.29 is 0 Å². The van der Waals surface area contributed by atoms with Crippen LogP contribution in [0.5, 0.6) is 0 Å². The second kappa shape index (κ2) is 1.97. The Hall–Kier alpha value is -1.05. The number of aromatic nitrogens is 1. The van der Waals surface area contributed by atoms with Crippen LogP contribution < -0.4 is 5.56 Å². The van der Waals surface area contributed by atoms with E-state index in [2.05, 4.69) is 6.07 Å². The molecule has 0 spiro atoms. The zero-order valence-corrected chi connectivity index (χ0v) is 5.58. The van der Waals surface area contributed by atoms with Crippen LogP contribution in [0.15, 0.2) is 23.1 Å². The van der Waals surface area contributed by atoms with Gasteiger partial charge < -0.3 is 4.57 Å². The summed E-state index contributed by atoms with van der Waals surface area (Å²) in [6, 6.07) is 6.57. The first-order chi connectivity index (χ1) is 4.88. The smallest absolute Gasteiger partial charge is 0.250 e. The lowest BCUT2D eigenvalue weighted by molar-refractivity contribution is 0.706. The van der Waals surface area contributed by atoms with Gasteiger partial charge in [-0.15, -0.1) is 0 Å². The fourth-order valence-electron chi connectivity index (χ4n) is 1.03. The lowest BCUT2D eigenvalue weighted by atomic mass is 10.4. The van der Waals surface area contributed by atoms with E-state index >= 15 is 0 Å². The molecule has 0 aromatic carbocycles. The van der Waals surface area contributed by atoms with Crippen LogP contribution in [0, 0.1) is 6.07 Å². The Kier molecular flexibility index (Phi) is 1.13. The summed E-state index contributed by atoms with van der Waals surface area (Å²) in [4.78, 5) is 11.0. The van der Waals surface area contributed by atoms with E-state index < -0.39 is 0 Å². The van der Waals surface area contributed by atoms with Gasteiger partial charge in [-0.1, -0.05) is 0 Å². The van der Waals surface area contributed by atoms with Gasteiger partial charge in [0.1, 0.15) is 0 Å². The van der Waals surface area contributed by atoms with Gasteiger partial charge in [0, 0.05) is 18.3 Å². The van der Waals surface area contributed by atoms with E-state index in [0.29, 0.717) is 6.04 Å². The average molecular weight is 134 g/mol. The number of rotatable bonds is 1. The fourth-order valence-corrected chi connectivity index (χ4v) is 1.03. The number of hydrogen-bond acceptors (Lipinski definition) is 1. The molecule has 1 aliphatic carbocycles. The van der Waals surface area contributed by atoms with Crippen molar-refractivity contribution in [3.8, 4) is 0 Å². The highest BCUT2D eigenvalue weighted by atomic mass is 16.1. The van der Waals surface area contributed by atoms with Gasteiger partial charge in [0.05, 0.1) is 0 Å². The van der Waals surface area contributed by atoms with Gasteiger partial charge in [0.2, 0.25) is 0 Å². The Morgan fingerprint density at radius 2 is 2.40 bits per heavy atom. The quantitative estimate of drug-likeness (QED) is 0.561. The minimum absolute atomic E-state index is 0.0984. The molecule has 1 saturated carbocycles. The summed E-state index contributed by atoms with van der Waals surface area (Å²) in [7, 11) is 0. The van der Waals surface area contributed by atoms with Gasteiger partial charge in [-0.3, -0.25) is 4.79 Å². The van der Waals surface area contributed by atoms with Gasteiger partial charge in [-0.2, -0.15) is 0 Å². The number of nitrogens with zero attached hydrogens (tertiary/aromatic N) is 1. The molecule has 2 heteroatoms. The van der Waals surface area contributed by atoms with Crippen molar-refractivity contribution in [2.45, 2.75) is 18.9 Å². The molecule has 2 rings (SSSR count). The SMILES string of the molecule is O=c1cc[c]cn1C1CC1. The zero-order valence-electron chi connectivity index (χ0n) is 5.58. The van der Waals surface area contributed by atoms with E-state index in [1.54, 1.807) is 22.9 Å². The van der Waals surface area contributed by atoms with Crippen molar-refractivity contribution in [3.05, 3.63) is 34.7 Å². The van der Waals surface area contributed by atoms with Gasteiger partial charge >= 0.3 is 0 Å². The molecule has 0 amide bonds. The Morgan fingerprint density at radius 3 is 3.00 bits per heavy atom. The topological polar surface area (TPSA) is 22.0 Å². The summed E-state index contributed by atoms with van der Waals surface area (Å²) in [6.07, 6.45) is 4.04. The van der Waals surface area contributed by atoms with E-state index in [4.69, 9.17) is 0 Å². The van der Waals surface area contributed by atoms with Crippen LogP contribution in [0.2, 0.25) is 0 Å². The summed E-state index contributed by atoms with van der Waals surface area (Å²) < 4.78 is 1.75. The predicted molar refractivity (Wildman–Crippen MR) is 37.8 cm³/mol. The summed E-state index contributed by atoms with van der Waals surface area (Å²) in [5.74, 6) is 0. The Balaban J connectivity index is 2.48. The molecular weight excluding hydrogens is 126 g/mol. The zero-order chi connectivity index (χ0) is 6.97. The number of pyridine rings is 1. The van der Waals surface area contributed by atoms with Crippen LogP contribution in [0.1, 0.15) is 18.9 Å². The van der Waals surface area contributed by atoms with Gasteiger partial charge in [-0.25, -0.2) is 0 Å². The molecular formula is C8H8NO. The normalized spacial score (nSPS) is 17.2. The van der Waals surface area contributed by atoms with Crippen LogP contribution >= 0.6 is 0 Å². The summed E-state index contributed by atoms with van der Waals surface area (Å²) in [6.45, 7) is 0. The minimum atomic E-state index is 0.0984. The van der Waals surface area contributed by atoms with E-state index in [1.165, 1.54) is 0 Å². The minimum Gasteiger partial charge on any atom is -0.312 e. The van der Waals surface area contributed by atoms with Gasteiger partial charge in [0.25, 0.3) is 5.56 Å². The van der Waals surface area contributed by atoms with Crippen LogP contribution in [-0.4, -0.2) is 4.57 Å². The molecule has 0 saturated heterocycles. The summed E-state index contributed by atoms with van der Waals surface area (Å²) in [5, 5.41) is 0. The van der Waals surface area contributed by atoms with Crippen molar-refractivity contribution in [2.75, 3.05) is 0 Å². The van der Waals surface area contributed by atoms with Gasteiger partial charge in [0.15, 0.2) is 0 Å². The molecule has 1 aliphatic rings. The molecule has 1 fully saturated rings. The van der Waals surface area contributed by atoms with Crippen LogP contribution in [0.3, 0.4) is 0 Å². The van der Waals surface area contributed by atoms with E-state index in [9.17, 15) is 4.79 Å². The van der Waals surface area contributed by atoms with Crippen molar-refractivity contribution >= 4 is 0 Å². The molecule has 1 heterocycles. The third-order valence-electron chi connectivity index (χ3n) is 1.73. The van der Waals surface area contributed by atoms with Gasteiger partial charge in [-0.05, 0) is 25.0 Å². The molecule has 0 N–H and O–H groups in total. The molecule has 0 unspecified atom stereocenters. The molecule has 0 bridgehead atoms. The number of hydrogen-bond donors (Lipinski definition) is 0. The monoisotopic (exact) mass is 134 g/mol. The van der Waals surface area contributed by atoms with Crippen LogP contribution in [0.4, 0.5) is 0 Å². The standard InChI is InChI=1S/C8H8NO/c10-8-3-1-2-6-9(8)7-4-5-7/h1,3,6-7H,4-5H2. The van der Waals surface area contributed by atoms with Crippen molar-refractivity contribution in [2.24, 2.45) is 0 Å². The first kappa shape index (κ1) is 5.71. The molecule has 0 atom stereocenters. The maximum atomic E-state index is 11.0. The highest BCUT2D eigenvalue weighted by Gasteiger charge is 2.23. The molecule has 0 aliphatic heterocycles. The van der Waals surface area contributed by atoms with Crippen molar-refractivity contribution in [1.29, 1.82) is 0 Å². The maximum absolute atomic E-state index is 11.0. The Labute approximate surface area is 59.1 Å². The first-order valence-corrected chi connectivity index (χ1v) is 3.46. The third kappa shape index (κ3) is 0.856. The van der Waals surface area contributed by atoms with Crippen LogP contribution in [0.25, 0.3) is 0 Å². The lowest BCUT2D eigenvalue weighted by Gasteiger charge is -1.98.